The molecular formula is C28H30N2O5. The molecule has 0 aromatic heterocycles. The van der Waals surface area contributed by atoms with Crippen molar-refractivity contribution in [1.29, 1.82) is 0 Å². The second-order valence-corrected chi connectivity index (χ2v) is 9.00. The van der Waals surface area contributed by atoms with Gasteiger partial charge in [0.1, 0.15) is 0 Å². The maximum atomic E-state index is 12.9. The Kier molecular flexibility index (Phi) is 7.15. The summed E-state index contributed by atoms with van der Waals surface area (Å²) in [5.74, 6) is -2.16. The zero-order chi connectivity index (χ0) is 25.1. The van der Waals surface area contributed by atoms with E-state index in [1.165, 1.54) is 17.0 Å². The van der Waals surface area contributed by atoms with Gasteiger partial charge in [-0.25, -0.2) is 4.79 Å². The zero-order valence-electron chi connectivity index (χ0n) is 20.2. The molecule has 1 heterocycles. The Bertz CT molecular complexity index is 1160. The van der Waals surface area contributed by atoms with Gasteiger partial charge in [0.15, 0.2) is 6.61 Å². The van der Waals surface area contributed by atoms with Crippen molar-refractivity contribution >= 4 is 35.1 Å². The molecule has 7 heteroatoms. The highest BCUT2D eigenvalue weighted by atomic mass is 16.5. The first-order valence-corrected chi connectivity index (χ1v) is 12.1. The third kappa shape index (κ3) is 4.76. The Labute approximate surface area is 205 Å². The van der Waals surface area contributed by atoms with Crippen molar-refractivity contribution < 1.29 is 23.9 Å². The van der Waals surface area contributed by atoms with Crippen LogP contribution in [0.2, 0.25) is 0 Å². The Morgan fingerprint density at radius 2 is 1.66 bits per heavy atom. The number of nitrogens with zero attached hydrogens (tertiary/aromatic N) is 1. The third-order valence-corrected chi connectivity index (χ3v) is 6.83. The number of nitrogens with one attached hydrogen (secondary N) is 1. The van der Waals surface area contributed by atoms with E-state index in [1.807, 2.05) is 51.1 Å². The van der Waals surface area contributed by atoms with Crippen molar-refractivity contribution in [1.82, 2.24) is 0 Å². The number of carbonyl (C=O) groups is 4. The largest absolute Gasteiger partial charge is 0.452 e. The number of fused-ring (bicyclic) bond motifs is 1. The van der Waals surface area contributed by atoms with E-state index in [2.05, 4.69) is 5.32 Å². The minimum atomic E-state index is -0.656. The molecule has 4 rings (SSSR count). The minimum absolute atomic E-state index is 0.00768. The summed E-state index contributed by atoms with van der Waals surface area (Å²) in [6.45, 7) is 5.56. The van der Waals surface area contributed by atoms with Crippen molar-refractivity contribution in [3.63, 3.8) is 0 Å². The molecule has 7 nitrogen and oxygen atoms in total. The first-order chi connectivity index (χ1) is 16.8. The van der Waals surface area contributed by atoms with Crippen molar-refractivity contribution in [2.75, 3.05) is 16.8 Å². The van der Waals surface area contributed by atoms with Crippen LogP contribution < -0.4 is 10.2 Å². The second-order valence-electron chi connectivity index (χ2n) is 9.00. The fourth-order valence-electron chi connectivity index (χ4n) is 4.94. The van der Waals surface area contributed by atoms with Gasteiger partial charge in [-0.3, -0.25) is 19.3 Å². The molecule has 1 N–H and O–H groups in total. The molecule has 182 valence electrons. The number of hydrogen-bond donors (Lipinski definition) is 1. The number of benzene rings is 2. The first kappa shape index (κ1) is 24.4. The van der Waals surface area contributed by atoms with Crippen LogP contribution in [0.5, 0.6) is 0 Å². The highest BCUT2D eigenvalue weighted by Crippen LogP contribution is 2.40. The number of para-hydroxylation sites is 1. The van der Waals surface area contributed by atoms with Crippen LogP contribution in [-0.4, -0.2) is 30.3 Å². The molecule has 3 amide bonds. The van der Waals surface area contributed by atoms with E-state index in [-0.39, 0.29) is 35.1 Å². The fourth-order valence-corrected chi connectivity index (χ4v) is 4.94. The Morgan fingerprint density at radius 3 is 2.26 bits per heavy atom. The third-order valence-electron chi connectivity index (χ3n) is 6.83. The van der Waals surface area contributed by atoms with E-state index in [9.17, 15) is 19.2 Å². The van der Waals surface area contributed by atoms with Gasteiger partial charge in [-0.05, 0) is 60.6 Å². The molecule has 2 aliphatic rings. The van der Waals surface area contributed by atoms with Gasteiger partial charge in [-0.2, -0.15) is 0 Å². The lowest BCUT2D eigenvalue weighted by Crippen LogP contribution is -2.31. The van der Waals surface area contributed by atoms with Crippen LogP contribution >= 0.6 is 0 Å². The number of carbonyl (C=O) groups excluding carboxylic acids is 4. The molecular weight excluding hydrogens is 444 g/mol. The molecule has 1 aliphatic heterocycles. The molecule has 2 aromatic rings. The molecule has 0 saturated carbocycles. The minimum Gasteiger partial charge on any atom is -0.452 e. The molecule has 1 aliphatic carbocycles. The summed E-state index contributed by atoms with van der Waals surface area (Å²) in [4.78, 5) is 52.0. The number of anilines is 2. The summed E-state index contributed by atoms with van der Waals surface area (Å²) in [5.41, 5.74) is 3.48. The average molecular weight is 475 g/mol. The maximum absolute atomic E-state index is 12.9. The molecule has 0 unspecified atom stereocenters. The normalized spacial score (nSPS) is 21.1. The van der Waals surface area contributed by atoms with Crippen LogP contribution in [0.4, 0.5) is 11.4 Å². The van der Waals surface area contributed by atoms with Crippen LogP contribution in [0.3, 0.4) is 0 Å². The number of imide groups is 1. The van der Waals surface area contributed by atoms with E-state index in [4.69, 9.17) is 4.74 Å². The molecule has 0 spiro atoms. The highest BCUT2D eigenvalue weighted by molar-refractivity contribution is 6.22. The SMILES string of the molecule is CCc1cccc(CC)c1NC(=O)COC(=O)c1ccc(N2C(=O)[C@H]3[C@H](C)C=CC[C@H]3C2=O)cc1. The van der Waals surface area contributed by atoms with Crippen LogP contribution in [0, 0.1) is 17.8 Å². The van der Waals surface area contributed by atoms with Gasteiger partial charge in [0.25, 0.3) is 5.91 Å². The standard InChI is InChI=1S/C28H30N2O5/c1-4-18-9-7-10-19(5-2)25(18)29-23(31)16-35-28(34)20-12-14-21(15-13-20)30-26(32)22-11-6-8-17(3)24(22)27(30)33/h6-10,12-15,17,22,24H,4-5,11,16H2,1-3H3,(H,29,31)/t17-,22-,24+/m1/s1. The topological polar surface area (TPSA) is 92.8 Å². The van der Waals surface area contributed by atoms with Gasteiger partial charge in [0.05, 0.1) is 23.1 Å². The number of rotatable bonds is 7. The van der Waals surface area contributed by atoms with Gasteiger partial charge >= 0.3 is 5.97 Å². The Hall–Kier alpha value is -3.74. The van der Waals surface area contributed by atoms with Crippen molar-refractivity contribution in [3.8, 4) is 0 Å². The molecule has 3 atom stereocenters. The predicted octanol–water partition coefficient (Wildman–Crippen LogP) is 4.31. The monoisotopic (exact) mass is 474 g/mol. The number of esters is 1. The number of amides is 3. The number of ether oxygens (including phenoxy) is 1. The van der Waals surface area contributed by atoms with E-state index < -0.39 is 18.5 Å². The predicted molar refractivity (Wildman–Crippen MR) is 133 cm³/mol. The van der Waals surface area contributed by atoms with E-state index >= 15 is 0 Å². The Balaban J connectivity index is 1.38. The van der Waals surface area contributed by atoms with Crippen LogP contribution in [-0.2, 0) is 32.0 Å². The summed E-state index contributed by atoms with van der Waals surface area (Å²) in [6, 6.07) is 12.0. The molecule has 35 heavy (non-hydrogen) atoms. The van der Waals surface area contributed by atoms with Crippen LogP contribution in [0.25, 0.3) is 0 Å². The van der Waals surface area contributed by atoms with Gasteiger partial charge in [-0.15, -0.1) is 0 Å². The van der Waals surface area contributed by atoms with Crippen molar-refractivity contribution in [2.24, 2.45) is 17.8 Å². The van der Waals surface area contributed by atoms with E-state index in [0.717, 1.165) is 29.7 Å². The van der Waals surface area contributed by atoms with Crippen LogP contribution in [0.15, 0.2) is 54.6 Å². The number of hydrogen-bond acceptors (Lipinski definition) is 5. The molecule has 0 radical (unpaired) electrons. The lowest BCUT2D eigenvalue weighted by atomic mass is 9.78. The zero-order valence-corrected chi connectivity index (χ0v) is 20.2. The highest BCUT2D eigenvalue weighted by Gasteiger charge is 2.50. The second kappa shape index (κ2) is 10.3. The average Bonchev–Trinajstić information content (AvgIpc) is 3.13. The summed E-state index contributed by atoms with van der Waals surface area (Å²) in [5, 5.41) is 2.87. The quantitative estimate of drug-likeness (QED) is 0.367. The van der Waals surface area contributed by atoms with Crippen LogP contribution in [0.1, 0.15) is 48.7 Å². The number of aryl methyl sites for hydroxylation is 2. The van der Waals surface area contributed by atoms with Crippen molar-refractivity contribution in [2.45, 2.75) is 40.0 Å². The summed E-state index contributed by atoms with van der Waals surface area (Å²) < 4.78 is 5.20. The van der Waals surface area contributed by atoms with E-state index in [1.54, 1.807) is 12.1 Å². The maximum Gasteiger partial charge on any atom is 0.338 e. The Morgan fingerprint density at radius 1 is 1.00 bits per heavy atom. The van der Waals surface area contributed by atoms with E-state index in [0.29, 0.717) is 12.1 Å². The molecule has 1 saturated heterocycles. The van der Waals surface area contributed by atoms with Gasteiger partial charge in [0.2, 0.25) is 11.8 Å². The van der Waals surface area contributed by atoms with Gasteiger partial charge in [-0.1, -0.05) is 51.1 Å². The lowest BCUT2D eigenvalue weighted by Gasteiger charge is -2.22. The smallest absolute Gasteiger partial charge is 0.338 e. The van der Waals surface area contributed by atoms with Gasteiger partial charge in [0, 0.05) is 5.69 Å². The fraction of sp³-hybridized carbons (Fsp3) is 0.357. The summed E-state index contributed by atoms with van der Waals surface area (Å²) >= 11 is 0. The summed E-state index contributed by atoms with van der Waals surface area (Å²) in [7, 11) is 0. The number of allylic oxidation sites excluding steroid dienone is 2. The molecule has 2 aromatic carbocycles. The molecule has 1 fully saturated rings. The summed E-state index contributed by atoms with van der Waals surface area (Å²) in [6.07, 6.45) is 6.04. The molecule has 0 bridgehead atoms. The van der Waals surface area contributed by atoms with Gasteiger partial charge < -0.3 is 10.1 Å². The van der Waals surface area contributed by atoms with Crippen molar-refractivity contribution in [3.05, 3.63) is 71.3 Å². The first-order valence-electron chi connectivity index (χ1n) is 12.1. The lowest BCUT2D eigenvalue weighted by molar-refractivity contribution is -0.123.